The van der Waals surface area contributed by atoms with E-state index < -0.39 is 0 Å². The molecule has 19 heavy (non-hydrogen) atoms. The van der Waals surface area contributed by atoms with Crippen LogP contribution in [0.25, 0.3) is 11.6 Å². The van der Waals surface area contributed by atoms with Crippen LogP contribution in [0.5, 0.6) is 0 Å². The lowest BCUT2D eigenvalue weighted by atomic mass is 9.92. The first-order chi connectivity index (χ1) is 9.25. The van der Waals surface area contributed by atoms with Gasteiger partial charge in [-0.2, -0.15) is 4.98 Å². The number of nitrogens with zero attached hydrogens (tertiary/aromatic N) is 4. The second kappa shape index (κ2) is 4.77. The summed E-state index contributed by atoms with van der Waals surface area (Å²) < 4.78 is 7.40. The number of rotatable bonds is 4. The molecule has 0 spiro atoms. The van der Waals surface area contributed by atoms with E-state index in [4.69, 9.17) is 4.52 Å². The molecule has 1 unspecified atom stereocenters. The molecule has 102 valence electrons. The molecule has 1 saturated heterocycles. The van der Waals surface area contributed by atoms with Crippen LogP contribution in [0.4, 0.5) is 0 Å². The van der Waals surface area contributed by atoms with Crippen molar-refractivity contribution in [2.24, 2.45) is 7.05 Å². The Kier molecular flexibility index (Phi) is 3.10. The second-order valence-corrected chi connectivity index (χ2v) is 5.15. The third-order valence-electron chi connectivity index (χ3n) is 3.78. The predicted octanol–water partition coefficient (Wildman–Crippen LogP) is 1.85. The van der Waals surface area contributed by atoms with Crippen molar-refractivity contribution in [2.45, 2.75) is 38.1 Å². The Balaban J connectivity index is 1.94. The number of nitrogens with one attached hydrogen (secondary N) is 1. The molecule has 0 saturated carbocycles. The van der Waals surface area contributed by atoms with Gasteiger partial charge in [0.1, 0.15) is 0 Å². The van der Waals surface area contributed by atoms with E-state index in [2.05, 4.69) is 27.4 Å². The zero-order valence-electron chi connectivity index (χ0n) is 11.4. The molecule has 6 nitrogen and oxygen atoms in total. The third-order valence-corrected chi connectivity index (χ3v) is 3.78. The zero-order chi connectivity index (χ0) is 13.3. The molecule has 0 amide bonds. The van der Waals surface area contributed by atoms with Crippen LogP contribution >= 0.6 is 0 Å². The van der Waals surface area contributed by atoms with E-state index in [1.165, 1.54) is 0 Å². The Morgan fingerprint density at radius 2 is 2.42 bits per heavy atom. The van der Waals surface area contributed by atoms with Gasteiger partial charge in [-0.05, 0) is 25.8 Å². The standard InChI is InChI=1S/C13H19N5O/c1-3-5-13(6-4-7-15-13)12-16-10(17-19-12)11-14-8-9-18(11)2/h8-9,15H,3-7H2,1-2H3. The van der Waals surface area contributed by atoms with Gasteiger partial charge in [-0.15, -0.1) is 0 Å². The SMILES string of the molecule is CCCC1(c2nc(-c3nccn3C)no2)CCCN1. The Hall–Kier alpha value is -1.69. The van der Waals surface area contributed by atoms with Crippen LogP contribution in [0, 0.1) is 0 Å². The Bertz CT molecular complexity index is 553. The van der Waals surface area contributed by atoms with Gasteiger partial charge in [0, 0.05) is 19.4 Å². The minimum absolute atomic E-state index is 0.134. The average molecular weight is 261 g/mol. The van der Waals surface area contributed by atoms with Crippen molar-refractivity contribution < 1.29 is 4.52 Å². The van der Waals surface area contributed by atoms with E-state index in [1.54, 1.807) is 6.20 Å². The van der Waals surface area contributed by atoms with Crippen LogP contribution < -0.4 is 5.32 Å². The number of hydrogen-bond donors (Lipinski definition) is 1. The van der Waals surface area contributed by atoms with Gasteiger partial charge in [0.25, 0.3) is 0 Å². The Morgan fingerprint density at radius 3 is 3.05 bits per heavy atom. The molecule has 1 aliphatic heterocycles. The van der Waals surface area contributed by atoms with Gasteiger partial charge in [-0.1, -0.05) is 18.5 Å². The molecule has 0 radical (unpaired) electrons. The van der Waals surface area contributed by atoms with Gasteiger partial charge in [-0.25, -0.2) is 4.98 Å². The van der Waals surface area contributed by atoms with Crippen molar-refractivity contribution >= 4 is 0 Å². The smallest absolute Gasteiger partial charge is 0.247 e. The van der Waals surface area contributed by atoms with Gasteiger partial charge >= 0.3 is 0 Å². The van der Waals surface area contributed by atoms with Gasteiger partial charge in [0.15, 0.2) is 5.82 Å². The quantitative estimate of drug-likeness (QED) is 0.909. The molecule has 0 aromatic carbocycles. The molecule has 6 heteroatoms. The maximum atomic E-state index is 5.51. The lowest BCUT2D eigenvalue weighted by Gasteiger charge is -2.24. The van der Waals surface area contributed by atoms with Crippen LogP contribution in [-0.4, -0.2) is 26.2 Å². The largest absolute Gasteiger partial charge is 0.337 e. The minimum atomic E-state index is -0.134. The first kappa shape index (κ1) is 12.3. The highest BCUT2D eigenvalue weighted by molar-refractivity contribution is 5.42. The molecule has 2 aromatic rings. The van der Waals surface area contributed by atoms with Crippen molar-refractivity contribution in [3.63, 3.8) is 0 Å². The lowest BCUT2D eigenvalue weighted by Crippen LogP contribution is -2.37. The van der Waals surface area contributed by atoms with Gasteiger partial charge in [-0.3, -0.25) is 0 Å². The zero-order valence-corrected chi connectivity index (χ0v) is 11.4. The summed E-state index contributed by atoms with van der Waals surface area (Å²) in [6.45, 7) is 3.19. The monoisotopic (exact) mass is 261 g/mol. The van der Waals surface area contributed by atoms with E-state index >= 15 is 0 Å². The summed E-state index contributed by atoms with van der Waals surface area (Å²) in [5.74, 6) is 2.00. The lowest BCUT2D eigenvalue weighted by molar-refractivity contribution is 0.241. The molecular formula is C13H19N5O. The van der Waals surface area contributed by atoms with Crippen molar-refractivity contribution in [1.29, 1.82) is 0 Å². The van der Waals surface area contributed by atoms with E-state index in [9.17, 15) is 0 Å². The molecule has 3 rings (SSSR count). The first-order valence-corrected chi connectivity index (χ1v) is 6.82. The number of aryl methyl sites for hydroxylation is 1. The van der Waals surface area contributed by atoms with Crippen molar-refractivity contribution in [2.75, 3.05) is 6.54 Å². The normalized spacial score (nSPS) is 23.1. The summed E-state index contributed by atoms with van der Waals surface area (Å²) in [5.41, 5.74) is -0.134. The van der Waals surface area contributed by atoms with E-state index in [-0.39, 0.29) is 5.54 Å². The molecule has 0 bridgehead atoms. The van der Waals surface area contributed by atoms with Crippen LogP contribution in [-0.2, 0) is 12.6 Å². The first-order valence-electron chi connectivity index (χ1n) is 6.82. The summed E-state index contributed by atoms with van der Waals surface area (Å²) in [5, 5.41) is 7.62. The van der Waals surface area contributed by atoms with Gasteiger partial charge < -0.3 is 14.4 Å². The van der Waals surface area contributed by atoms with Crippen LogP contribution in [0.15, 0.2) is 16.9 Å². The van der Waals surface area contributed by atoms with Crippen molar-refractivity contribution in [3.05, 3.63) is 18.3 Å². The second-order valence-electron chi connectivity index (χ2n) is 5.15. The molecule has 2 aromatic heterocycles. The summed E-state index contributed by atoms with van der Waals surface area (Å²) in [4.78, 5) is 8.81. The highest BCUT2D eigenvalue weighted by Crippen LogP contribution is 2.34. The number of aromatic nitrogens is 4. The minimum Gasteiger partial charge on any atom is -0.337 e. The number of imidazole rings is 1. The fourth-order valence-electron chi connectivity index (χ4n) is 2.83. The van der Waals surface area contributed by atoms with Gasteiger partial charge in [0.2, 0.25) is 11.7 Å². The average Bonchev–Trinajstić information content (AvgIpc) is 3.08. The fraction of sp³-hybridized carbons (Fsp3) is 0.615. The maximum absolute atomic E-state index is 5.51. The van der Waals surface area contributed by atoms with Crippen molar-refractivity contribution in [1.82, 2.24) is 25.0 Å². The van der Waals surface area contributed by atoms with Crippen LogP contribution in [0.1, 0.15) is 38.5 Å². The topological polar surface area (TPSA) is 68.8 Å². The molecule has 0 aliphatic carbocycles. The number of hydrogen-bond acceptors (Lipinski definition) is 5. The summed E-state index contributed by atoms with van der Waals surface area (Å²) in [6, 6.07) is 0. The van der Waals surface area contributed by atoms with Gasteiger partial charge in [0.05, 0.1) is 5.54 Å². The van der Waals surface area contributed by atoms with Crippen LogP contribution in [0.3, 0.4) is 0 Å². The Morgan fingerprint density at radius 1 is 1.53 bits per heavy atom. The summed E-state index contributed by atoms with van der Waals surface area (Å²) in [7, 11) is 1.92. The predicted molar refractivity (Wildman–Crippen MR) is 70.3 cm³/mol. The Labute approximate surface area is 112 Å². The molecule has 1 N–H and O–H groups in total. The fourth-order valence-corrected chi connectivity index (χ4v) is 2.83. The molecule has 1 atom stereocenters. The van der Waals surface area contributed by atoms with Crippen molar-refractivity contribution in [3.8, 4) is 11.6 Å². The highest BCUT2D eigenvalue weighted by atomic mass is 16.5. The molecular weight excluding hydrogens is 242 g/mol. The van der Waals surface area contributed by atoms with E-state index in [0.717, 1.165) is 38.1 Å². The molecule has 3 heterocycles. The van der Waals surface area contributed by atoms with E-state index in [0.29, 0.717) is 11.7 Å². The molecule has 1 fully saturated rings. The third kappa shape index (κ3) is 2.06. The molecule has 1 aliphatic rings. The summed E-state index contributed by atoms with van der Waals surface area (Å²) in [6.07, 6.45) is 7.94. The highest BCUT2D eigenvalue weighted by Gasteiger charge is 2.39. The van der Waals surface area contributed by atoms with E-state index in [1.807, 2.05) is 17.8 Å². The van der Waals surface area contributed by atoms with Crippen LogP contribution in [0.2, 0.25) is 0 Å². The summed E-state index contributed by atoms with van der Waals surface area (Å²) >= 11 is 0. The maximum Gasteiger partial charge on any atom is 0.247 e.